The number of hydrogen-bond donors (Lipinski definition) is 2. The van der Waals surface area contributed by atoms with E-state index in [4.69, 9.17) is 21.9 Å². The second-order valence-electron chi connectivity index (χ2n) is 4.69. The van der Waals surface area contributed by atoms with Gasteiger partial charge in [-0.3, -0.25) is 4.79 Å². The molecule has 2 aromatic rings. The molecule has 0 bridgehead atoms. The van der Waals surface area contributed by atoms with Gasteiger partial charge in [-0.05, 0) is 32.4 Å². The van der Waals surface area contributed by atoms with Crippen LogP contribution in [-0.4, -0.2) is 24.2 Å². The van der Waals surface area contributed by atoms with Gasteiger partial charge in [-0.2, -0.15) is 0 Å². The van der Waals surface area contributed by atoms with Crippen molar-refractivity contribution in [2.75, 3.05) is 13.1 Å². The Balaban J connectivity index is 0.00000242. The Labute approximate surface area is 140 Å². The van der Waals surface area contributed by atoms with Crippen molar-refractivity contribution >= 4 is 29.9 Å². The standard InChI is InChI=1S/C15H18ClN3O2.ClH/c1-10-13(15(20)18-9-5-4-8-17)14(19-21-10)11-6-2-3-7-12(11)16;/h2-3,6-7H,4-5,8-9,17H2,1H3,(H,18,20);1H. The monoisotopic (exact) mass is 343 g/mol. The summed E-state index contributed by atoms with van der Waals surface area (Å²) in [6.07, 6.45) is 1.72. The lowest BCUT2D eigenvalue weighted by atomic mass is 10.1. The summed E-state index contributed by atoms with van der Waals surface area (Å²) in [5.74, 6) is 0.266. The van der Waals surface area contributed by atoms with E-state index in [9.17, 15) is 4.79 Å². The van der Waals surface area contributed by atoms with Gasteiger partial charge < -0.3 is 15.6 Å². The summed E-state index contributed by atoms with van der Waals surface area (Å²) in [7, 11) is 0. The number of aryl methyl sites for hydroxylation is 1. The molecule has 5 nitrogen and oxygen atoms in total. The topological polar surface area (TPSA) is 81.2 Å². The number of unbranched alkanes of at least 4 members (excludes halogenated alkanes) is 1. The van der Waals surface area contributed by atoms with Crippen LogP contribution in [0.1, 0.15) is 29.0 Å². The Bertz CT molecular complexity index is 629. The molecule has 3 N–H and O–H groups in total. The first-order chi connectivity index (χ1) is 10.1. The van der Waals surface area contributed by atoms with E-state index >= 15 is 0 Å². The third-order valence-electron chi connectivity index (χ3n) is 3.14. The molecule has 0 radical (unpaired) electrons. The van der Waals surface area contributed by atoms with Crippen molar-refractivity contribution in [1.29, 1.82) is 0 Å². The lowest BCUT2D eigenvalue weighted by Crippen LogP contribution is -2.25. The highest BCUT2D eigenvalue weighted by molar-refractivity contribution is 6.33. The Morgan fingerprint density at radius 2 is 2.09 bits per heavy atom. The van der Waals surface area contributed by atoms with Gasteiger partial charge in [0, 0.05) is 12.1 Å². The zero-order valence-electron chi connectivity index (χ0n) is 12.3. The SMILES string of the molecule is Cc1onc(-c2ccccc2Cl)c1C(=O)NCCCCN.Cl. The van der Waals surface area contributed by atoms with Crippen molar-refractivity contribution in [3.8, 4) is 11.3 Å². The largest absolute Gasteiger partial charge is 0.360 e. The fourth-order valence-electron chi connectivity index (χ4n) is 2.04. The van der Waals surface area contributed by atoms with Crippen LogP contribution >= 0.6 is 24.0 Å². The van der Waals surface area contributed by atoms with E-state index < -0.39 is 0 Å². The summed E-state index contributed by atoms with van der Waals surface area (Å²) >= 11 is 6.16. The van der Waals surface area contributed by atoms with Gasteiger partial charge >= 0.3 is 0 Å². The minimum absolute atomic E-state index is 0. The zero-order chi connectivity index (χ0) is 15.2. The molecule has 1 aromatic heterocycles. The summed E-state index contributed by atoms with van der Waals surface area (Å²) in [5, 5.41) is 7.36. The van der Waals surface area contributed by atoms with Crippen LogP contribution in [0.15, 0.2) is 28.8 Å². The van der Waals surface area contributed by atoms with Crippen molar-refractivity contribution < 1.29 is 9.32 Å². The van der Waals surface area contributed by atoms with E-state index in [-0.39, 0.29) is 18.3 Å². The Morgan fingerprint density at radius 1 is 1.36 bits per heavy atom. The van der Waals surface area contributed by atoms with Crippen LogP contribution in [0.5, 0.6) is 0 Å². The maximum absolute atomic E-state index is 12.3. The molecule has 0 saturated carbocycles. The summed E-state index contributed by atoms with van der Waals surface area (Å²) in [6.45, 7) is 2.90. The van der Waals surface area contributed by atoms with Gasteiger partial charge in [0.05, 0.1) is 5.02 Å². The molecule has 2 rings (SSSR count). The second-order valence-corrected chi connectivity index (χ2v) is 5.10. The first kappa shape index (κ1) is 18.5. The summed E-state index contributed by atoms with van der Waals surface area (Å²) in [4.78, 5) is 12.3. The van der Waals surface area contributed by atoms with Crippen molar-refractivity contribution in [1.82, 2.24) is 10.5 Å². The number of nitrogens with zero attached hydrogens (tertiary/aromatic N) is 1. The van der Waals surface area contributed by atoms with Gasteiger partial charge in [-0.15, -0.1) is 12.4 Å². The Hall–Kier alpha value is -1.56. The van der Waals surface area contributed by atoms with Crippen LogP contribution in [0, 0.1) is 6.92 Å². The Morgan fingerprint density at radius 3 is 2.77 bits per heavy atom. The maximum atomic E-state index is 12.3. The molecule has 22 heavy (non-hydrogen) atoms. The first-order valence-corrected chi connectivity index (χ1v) is 7.22. The van der Waals surface area contributed by atoms with Gasteiger partial charge in [-0.1, -0.05) is 35.0 Å². The molecular weight excluding hydrogens is 325 g/mol. The molecular formula is C15H19Cl2N3O2. The number of halogens is 2. The zero-order valence-corrected chi connectivity index (χ0v) is 13.8. The molecule has 0 aliphatic heterocycles. The van der Waals surface area contributed by atoms with Crippen LogP contribution in [0.3, 0.4) is 0 Å². The normalized spacial score (nSPS) is 10.1. The van der Waals surface area contributed by atoms with E-state index in [2.05, 4.69) is 10.5 Å². The highest BCUT2D eigenvalue weighted by Crippen LogP contribution is 2.30. The molecule has 120 valence electrons. The van der Waals surface area contributed by atoms with Gasteiger partial charge in [0.2, 0.25) is 0 Å². The van der Waals surface area contributed by atoms with Crippen molar-refractivity contribution in [3.63, 3.8) is 0 Å². The molecule has 1 aromatic carbocycles. The van der Waals surface area contributed by atoms with Gasteiger partial charge in [0.25, 0.3) is 5.91 Å². The highest BCUT2D eigenvalue weighted by atomic mass is 35.5. The minimum atomic E-state index is -0.208. The average Bonchev–Trinajstić information content (AvgIpc) is 2.85. The van der Waals surface area contributed by atoms with E-state index in [1.54, 1.807) is 13.0 Å². The van der Waals surface area contributed by atoms with Crippen LogP contribution in [0.2, 0.25) is 5.02 Å². The summed E-state index contributed by atoms with van der Waals surface area (Å²) < 4.78 is 5.16. The first-order valence-electron chi connectivity index (χ1n) is 6.84. The van der Waals surface area contributed by atoms with Crippen molar-refractivity contribution in [2.24, 2.45) is 5.73 Å². The number of benzene rings is 1. The smallest absolute Gasteiger partial charge is 0.257 e. The molecule has 0 fully saturated rings. The predicted molar refractivity (Wildman–Crippen MR) is 89.6 cm³/mol. The number of nitrogens with one attached hydrogen (secondary N) is 1. The molecule has 1 amide bonds. The van der Waals surface area contributed by atoms with Gasteiger partial charge in [0.1, 0.15) is 17.0 Å². The van der Waals surface area contributed by atoms with Gasteiger partial charge in [0.15, 0.2) is 0 Å². The third-order valence-corrected chi connectivity index (χ3v) is 3.46. The average molecular weight is 344 g/mol. The highest BCUT2D eigenvalue weighted by Gasteiger charge is 2.22. The number of carbonyl (C=O) groups excluding carboxylic acids is 1. The number of nitrogens with two attached hydrogens (primary N) is 1. The van der Waals surface area contributed by atoms with Crippen LogP contribution in [0.25, 0.3) is 11.3 Å². The fourth-order valence-corrected chi connectivity index (χ4v) is 2.26. The lowest BCUT2D eigenvalue weighted by molar-refractivity contribution is 0.0952. The molecule has 1 heterocycles. The van der Waals surface area contributed by atoms with Crippen LogP contribution < -0.4 is 11.1 Å². The summed E-state index contributed by atoms with van der Waals surface area (Å²) in [6, 6.07) is 7.23. The van der Waals surface area contributed by atoms with E-state index in [0.717, 1.165) is 12.8 Å². The molecule has 7 heteroatoms. The number of rotatable bonds is 6. The lowest BCUT2D eigenvalue weighted by Gasteiger charge is -2.06. The summed E-state index contributed by atoms with van der Waals surface area (Å²) in [5.41, 5.74) is 7.01. The number of hydrogen-bond acceptors (Lipinski definition) is 4. The molecule has 0 saturated heterocycles. The molecule has 0 spiro atoms. The van der Waals surface area contributed by atoms with Crippen LogP contribution in [0.4, 0.5) is 0 Å². The fraction of sp³-hybridized carbons (Fsp3) is 0.333. The molecule has 0 aliphatic rings. The predicted octanol–water partition coefficient (Wildman–Crippen LogP) is 3.19. The van der Waals surface area contributed by atoms with E-state index in [1.807, 2.05) is 18.2 Å². The van der Waals surface area contributed by atoms with E-state index in [1.165, 1.54) is 0 Å². The minimum Gasteiger partial charge on any atom is -0.360 e. The third kappa shape index (κ3) is 4.22. The quantitative estimate of drug-likeness (QED) is 0.789. The molecule has 0 aliphatic carbocycles. The molecule has 0 atom stereocenters. The van der Waals surface area contributed by atoms with E-state index in [0.29, 0.717) is 40.7 Å². The Kier molecular flexibility index (Phi) is 7.38. The number of amides is 1. The number of carbonyl (C=O) groups is 1. The van der Waals surface area contributed by atoms with Crippen LogP contribution in [-0.2, 0) is 0 Å². The maximum Gasteiger partial charge on any atom is 0.257 e. The van der Waals surface area contributed by atoms with Gasteiger partial charge in [-0.25, -0.2) is 0 Å². The van der Waals surface area contributed by atoms with Crippen molar-refractivity contribution in [3.05, 3.63) is 40.6 Å². The molecule has 0 unspecified atom stereocenters. The number of aromatic nitrogens is 1. The second kappa shape index (κ2) is 8.78. The van der Waals surface area contributed by atoms with Crippen molar-refractivity contribution in [2.45, 2.75) is 19.8 Å².